The van der Waals surface area contributed by atoms with Crippen molar-refractivity contribution in [2.75, 3.05) is 13.1 Å². The number of aromatic carboxylic acids is 1. The summed E-state index contributed by atoms with van der Waals surface area (Å²) in [4.78, 5) is 18.7. The first-order valence-corrected chi connectivity index (χ1v) is 8.25. The van der Waals surface area contributed by atoms with Crippen molar-refractivity contribution in [2.45, 2.75) is 46.6 Å². The van der Waals surface area contributed by atoms with Crippen LogP contribution < -0.4 is 0 Å². The Balaban J connectivity index is 2.09. The van der Waals surface area contributed by atoms with E-state index in [1.165, 1.54) is 17.8 Å². The van der Waals surface area contributed by atoms with Crippen LogP contribution in [0.3, 0.4) is 0 Å². The van der Waals surface area contributed by atoms with Crippen molar-refractivity contribution in [3.05, 3.63) is 15.6 Å². The molecule has 1 aromatic heterocycles. The summed E-state index contributed by atoms with van der Waals surface area (Å²) in [5, 5.41) is 10.2. The van der Waals surface area contributed by atoms with Gasteiger partial charge >= 0.3 is 5.97 Å². The van der Waals surface area contributed by atoms with Crippen LogP contribution in [0.25, 0.3) is 0 Å². The van der Waals surface area contributed by atoms with Crippen molar-refractivity contribution in [3.63, 3.8) is 0 Å². The number of likely N-dealkylation sites (tertiary alicyclic amines) is 1. The summed E-state index contributed by atoms with van der Waals surface area (Å²) in [6, 6.07) is 0. The fourth-order valence-corrected chi connectivity index (χ4v) is 4.15. The molecule has 2 atom stereocenters. The molecule has 20 heavy (non-hydrogen) atoms. The van der Waals surface area contributed by atoms with Crippen LogP contribution in [0.2, 0.25) is 0 Å². The van der Waals surface area contributed by atoms with Crippen molar-refractivity contribution in [2.24, 2.45) is 11.8 Å². The lowest BCUT2D eigenvalue weighted by Gasteiger charge is -2.34. The second-order valence-electron chi connectivity index (χ2n) is 6.08. The summed E-state index contributed by atoms with van der Waals surface area (Å²) in [6.45, 7) is 9.61. The van der Waals surface area contributed by atoms with Crippen LogP contribution in [0.15, 0.2) is 0 Å². The highest BCUT2D eigenvalue weighted by atomic mass is 32.1. The molecule has 4 nitrogen and oxygen atoms in total. The molecule has 0 bridgehead atoms. The third-order valence-electron chi connectivity index (χ3n) is 3.73. The Labute approximate surface area is 124 Å². The quantitative estimate of drug-likeness (QED) is 0.906. The topological polar surface area (TPSA) is 53.4 Å². The highest BCUT2D eigenvalue weighted by molar-refractivity contribution is 7.13. The average Bonchev–Trinajstić information content (AvgIpc) is 2.71. The molecule has 0 aromatic carbocycles. The molecule has 1 aliphatic heterocycles. The van der Waals surface area contributed by atoms with Crippen LogP contribution in [-0.4, -0.2) is 34.0 Å². The zero-order valence-electron chi connectivity index (χ0n) is 12.6. The Hall–Kier alpha value is -0.940. The first kappa shape index (κ1) is 15.4. The Morgan fingerprint density at radius 3 is 2.60 bits per heavy atom. The molecule has 2 unspecified atom stereocenters. The van der Waals surface area contributed by atoms with Gasteiger partial charge in [0.2, 0.25) is 0 Å². The van der Waals surface area contributed by atoms with Gasteiger partial charge < -0.3 is 5.11 Å². The fraction of sp³-hybridized carbons (Fsp3) is 0.733. The number of hydrogen-bond donors (Lipinski definition) is 1. The third kappa shape index (κ3) is 3.79. The SMILES string of the molecule is CCCc1nc(CN2CC(C)CC(C)C2)sc1C(=O)O. The van der Waals surface area contributed by atoms with Gasteiger partial charge in [0, 0.05) is 13.1 Å². The molecular weight excluding hydrogens is 272 g/mol. The smallest absolute Gasteiger partial charge is 0.347 e. The van der Waals surface area contributed by atoms with Gasteiger partial charge in [0.05, 0.1) is 12.2 Å². The lowest BCUT2D eigenvalue weighted by molar-refractivity contribution is 0.0700. The monoisotopic (exact) mass is 296 g/mol. The maximum atomic E-state index is 11.3. The largest absolute Gasteiger partial charge is 0.477 e. The number of aromatic nitrogens is 1. The van der Waals surface area contributed by atoms with E-state index in [-0.39, 0.29) is 0 Å². The van der Waals surface area contributed by atoms with Crippen LogP contribution >= 0.6 is 11.3 Å². The van der Waals surface area contributed by atoms with E-state index >= 15 is 0 Å². The second kappa shape index (κ2) is 6.68. The number of carboxylic acid groups (broad SMARTS) is 1. The Morgan fingerprint density at radius 2 is 2.05 bits per heavy atom. The Kier molecular flexibility index (Phi) is 5.16. The van der Waals surface area contributed by atoms with Crippen molar-refractivity contribution in [1.29, 1.82) is 0 Å². The summed E-state index contributed by atoms with van der Waals surface area (Å²) in [7, 11) is 0. The van der Waals surface area contributed by atoms with Crippen molar-refractivity contribution in [3.8, 4) is 0 Å². The second-order valence-corrected chi connectivity index (χ2v) is 7.16. The average molecular weight is 296 g/mol. The van der Waals surface area contributed by atoms with Gasteiger partial charge in [0.1, 0.15) is 9.88 Å². The Morgan fingerprint density at radius 1 is 1.40 bits per heavy atom. The third-order valence-corrected chi connectivity index (χ3v) is 4.80. The summed E-state index contributed by atoms with van der Waals surface area (Å²) in [5.41, 5.74) is 0.762. The molecule has 2 heterocycles. The summed E-state index contributed by atoms with van der Waals surface area (Å²) in [6.07, 6.45) is 2.97. The zero-order valence-corrected chi connectivity index (χ0v) is 13.4. The highest BCUT2D eigenvalue weighted by Gasteiger charge is 2.24. The predicted octanol–water partition coefficient (Wildman–Crippen LogP) is 3.27. The number of hydrogen-bond acceptors (Lipinski definition) is 4. The number of carboxylic acids is 1. The van der Waals surface area contributed by atoms with Crippen LogP contribution in [0.1, 0.15) is 54.0 Å². The normalized spacial score (nSPS) is 23.9. The van der Waals surface area contributed by atoms with E-state index < -0.39 is 5.97 Å². The molecule has 1 saturated heterocycles. The minimum atomic E-state index is -0.836. The van der Waals surface area contributed by atoms with E-state index in [1.807, 2.05) is 0 Å². The molecule has 1 fully saturated rings. The zero-order chi connectivity index (χ0) is 14.7. The van der Waals surface area contributed by atoms with Crippen molar-refractivity contribution >= 4 is 17.3 Å². The van der Waals surface area contributed by atoms with Gasteiger partial charge in [0.25, 0.3) is 0 Å². The van der Waals surface area contributed by atoms with E-state index in [9.17, 15) is 9.90 Å². The Bertz CT molecular complexity index is 462. The van der Waals surface area contributed by atoms with E-state index in [4.69, 9.17) is 0 Å². The van der Waals surface area contributed by atoms with Gasteiger partial charge in [-0.2, -0.15) is 0 Å². The van der Waals surface area contributed by atoms with Gasteiger partial charge in [0.15, 0.2) is 0 Å². The molecule has 112 valence electrons. The molecule has 0 amide bonds. The van der Waals surface area contributed by atoms with Crippen molar-refractivity contribution < 1.29 is 9.90 Å². The summed E-state index contributed by atoms with van der Waals surface area (Å²) < 4.78 is 0. The molecule has 0 aliphatic carbocycles. The minimum Gasteiger partial charge on any atom is -0.477 e. The first-order valence-electron chi connectivity index (χ1n) is 7.43. The van der Waals surface area contributed by atoms with E-state index in [1.54, 1.807) is 0 Å². The van der Waals surface area contributed by atoms with Gasteiger partial charge in [-0.25, -0.2) is 9.78 Å². The molecule has 2 rings (SSSR count). The molecular formula is C15H24N2O2S. The van der Waals surface area contributed by atoms with Crippen LogP contribution in [-0.2, 0) is 13.0 Å². The van der Waals surface area contributed by atoms with Gasteiger partial charge in [-0.1, -0.05) is 27.2 Å². The number of rotatable bonds is 5. The molecule has 1 aromatic rings. The van der Waals surface area contributed by atoms with Gasteiger partial charge in [-0.15, -0.1) is 11.3 Å². The van der Waals surface area contributed by atoms with E-state index in [0.29, 0.717) is 16.7 Å². The van der Waals surface area contributed by atoms with Crippen LogP contribution in [0.5, 0.6) is 0 Å². The fourth-order valence-electron chi connectivity index (χ4n) is 3.15. The molecule has 1 aliphatic rings. The number of aryl methyl sites for hydroxylation is 1. The van der Waals surface area contributed by atoms with E-state index in [0.717, 1.165) is 43.2 Å². The maximum absolute atomic E-state index is 11.3. The van der Waals surface area contributed by atoms with Gasteiger partial charge in [-0.3, -0.25) is 4.90 Å². The summed E-state index contributed by atoms with van der Waals surface area (Å²) in [5.74, 6) is 0.595. The first-order chi connectivity index (χ1) is 9.49. The highest BCUT2D eigenvalue weighted by Crippen LogP contribution is 2.25. The number of thiazole rings is 1. The van der Waals surface area contributed by atoms with Crippen LogP contribution in [0.4, 0.5) is 0 Å². The lowest BCUT2D eigenvalue weighted by atomic mass is 9.92. The molecule has 5 heteroatoms. The molecule has 0 saturated carbocycles. The van der Waals surface area contributed by atoms with Crippen LogP contribution in [0, 0.1) is 11.8 Å². The standard InChI is InChI=1S/C15H24N2O2S/c1-4-5-12-14(15(18)19)20-13(16-12)9-17-7-10(2)6-11(3)8-17/h10-11H,4-9H2,1-3H3,(H,18,19). The predicted molar refractivity (Wildman–Crippen MR) is 81.3 cm³/mol. The number of carbonyl (C=O) groups is 1. The molecule has 0 spiro atoms. The molecule has 1 N–H and O–H groups in total. The number of nitrogens with zero attached hydrogens (tertiary/aromatic N) is 2. The number of piperidine rings is 1. The van der Waals surface area contributed by atoms with Crippen molar-refractivity contribution in [1.82, 2.24) is 9.88 Å². The maximum Gasteiger partial charge on any atom is 0.347 e. The molecule has 0 radical (unpaired) electrons. The van der Waals surface area contributed by atoms with Gasteiger partial charge in [-0.05, 0) is 24.7 Å². The summed E-state index contributed by atoms with van der Waals surface area (Å²) >= 11 is 1.35. The minimum absolute atomic E-state index is 0.431. The van der Waals surface area contributed by atoms with E-state index in [2.05, 4.69) is 30.7 Å². The lowest BCUT2D eigenvalue weighted by Crippen LogP contribution is -2.38.